The Morgan fingerprint density at radius 3 is 2.64 bits per heavy atom. The molecule has 0 aliphatic rings. The summed E-state index contributed by atoms with van der Waals surface area (Å²) in [7, 11) is 1.65. The predicted molar refractivity (Wildman–Crippen MR) is 87.0 cm³/mol. The van der Waals surface area contributed by atoms with Gasteiger partial charge in [0.05, 0.1) is 17.8 Å². The second-order valence-electron chi connectivity index (χ2n) is 4.87. The van der Waals surface area contributed by atoms with Crippen LogP contribution in [0.5, 0.6) is 5.75 Å². The Kier molecular flexibility index (Phi) is 3.98. The van der Waals surface area contributed by atoms with Gasteiger partial charge in [0.1, 0.15) is 11.6 Å². The van der Waals surface area contributed by atoms with E-state index in [1.165, 1.54) is 0 Å². The molecule has 0 atom stereocenters. The number of ether oxygens (including phenoxy) is 1. The van der Waals surface area contributed by atoms with Crippen molar-refractivity contribution in [2.45, 2.75) is 6.42 Å². The van der Waals surface area contributed by atoms with Gasteiger partial charge in [-0.2, -0.15) is 5.10 Å². The van der Waals surface area contributed by atoms with Crippen LogP contribution in [0.15, 0.2) is 42.5 Å². The molecule has 0 amide bonds. The molecular formula is C16H15ClN4O. The van der Waals surface area contributed by atoms with Crippen molar-refractivity contribution in [2.24, 2.45) is 0 Å². The zero-order valence-electron chi connectivity index (χ0n) is 12.0. The summed E-state index contributed by atoms with van der Waals surface area (Å²) in [6, 6.07) is 13.2. The second kappa shape index (κ2) is 6.07. The van der Waals surface area contributed by atoms with Crippen molar-refractivity contribution in [3.63, 3.8) is 0 Å². The topological polar surface area (TPSA) is 76.8 Å². The molecule has 3 aromatic rings. The Morgan fingerprint density at radius 1 is 1.18 bits per heavy atom. The highest BCUT2D eigenvalue weighted by molar-refractivity contribution is 6.33. The fraction of sp³-hybridized carbons (Fsp3) is 0.125. The van der Waals surface area contributed by atoms with Crippen LogP contribution < -0.4 is 10.5 Å². The zero-order chi connectivity index (χ0) is 15.5. The fourth-order valence-corrected chi connectivity index (χ4v) is 2.24. The summed E-state index contributed by atoms with van der Waals surface area (Å²) in [5.41, 5.74) is 8.28. The van der Waals surface area contributed by atoms with Crippen molar-refractivity contribution < 1.29 is 4.74 Å². The van der Waals surface area contributed by atoms with Crippen molar-refractivity contribution in [3.05, 3.63) is 58.9 Å². The predicted octanol–water partition coefficient (Wildman–Crippen LogP) is 3.31. The molecule has 0 aliphatic heterocycles. The van der Waals surface area contributed by atoms with E-state index >= 15 is 0 Å². The molecule has 112 valence electrons. The third kappa shape index (κ3) is 3.04. The lowest BCUT2D eigenvalue weighted by atomic mass is 10.1. The number of aromatic amines is 1. The molecule has 0 aliphatic carbocycles. The van der Waals surface area contributed by atoms with Gasteiger partial charge < -0.3 is 10.5 Å². The van der Waals surface area contributed by atoms with Crippen LogP contribution in [0.4, 0.5) is 5.69 Å². The summed E-state index contributed by atoms with van der Waals surface area (Å²) in [4.78, 5) is 4.49. The SMILES string of the molecule is COc1ccc(Cc2nc(-c3ccc(Cl)c(N)c3)n[nH]2)cc1. The molecule has 1 heterocycles. The zero-order valence-corrected chi connectivity index (χ0v) is 12.8. The smallest absolute Gasteiger partial charge is 0.181 e. The molecule has 0 saturated heterocycles. The Bertz CT molecular complexity index is 783. The molecule has 3 rings (SSSR count). The first-order chi connectivity index (χ1) is 10.7. The van der Waals surface area contributed by atoms with Gasteiger partial charge in [-0.1, -0.05) is 23.7 Å². The highest BCUT2D eigenvalue weighted by Gasteiger charge is 2.08. The highest BCUT2D eigenvalue weighted by Crippen LogP contribution is 2.24. The number of hydrogen-bond acceptors (Lipinski definition) is 4. The van der Waals surface area contributed by atoms with Crippen LogP contribution in [0.25, 0.3) is 11.4 Å². The number of hydrogen-bond donors (Lipinski definition) is 2. The van der Waals surface area contributed by atoms with E-state index in [0.717, 1.165) is 22.7 Å². The van der Waals surface area contributed by atoms with Gasteiger partial charge in [0.25, 0.3) is 0 Å². The monoisotopic (exact) mass is 314 g/mol. The van der Waals surface area contributed by atoms with Gasteiger partial charge in [-0.3, -0.25) is 5.10 Å². The first kappa shape index (κ1) is 14.4. The number of nitrogens with zero attached hydrogens (tertiary/aromatic N) is 2. The number of aromatic nitrogens is 3. The molecule has 0 saturated carbocycles. The quantitative estimate of drug-likeness (QED) is 0.724. The lowest BCUT2D eigenvalue weighted by molar-refractivity contribution is 0.414. The Balaban J connectivity index is 1.79. The molecule has 0 bridgehead atoms. The first-order valence-corrected chi connectivity index (χ1v) is 7.13. The summed E-state index contributed by atoms with van der Waals surface area (Å²) in [6.07, 6.45) is 0.667. The second-order valence-corrected chi connectivity index (χ2v) is 5.27. The summed E-state index contributed by atoms with van der Waals surface area (Å²) in [5, 5.41) is 7.70. The number of halogens is 1. The van der Waals surface area contributed by atoms with Crippen molar-refractivity contribution >= 4 is 17.3 Å². The minimum absolute atomic E-state index is 0.515. The van der Waals surface area contributed by atoms with Gasteiger partial charge in [0.15, 0.2) is 5.82 Å². The molecular weight excluding hydrogens is 300 g/mol. The molecule has 1 aromatic heterocycles. The van der Waals surface area contributed by atoms with Gasteiger partial charge in [-0.15, -0.1) is 0 Å². The summed E-state index contributed by atoms with van der Waals surface area (Å²) in [6.45, 7) is 0. The Morgan fingerprint density at radius 2 is 1.95 bits per heavy atom. The molecule has 2 aromatic carbocycles. The lowest BCUT2D eigenvalue weighted by Crippen LogP contribution is -1.92. The van der Waals surface area contributed by atoms with E-state index in [1.54, 1.807) is 19.2 Å². The van der Waals surface area contributed by atoms with E-state index in [9.17, 15) is 0 Å². The van der Waals surface area contributed by atoms with Crippen molar-refractivity contribution in [2.75, 3.05) is 12.8 Å². The van der Waals surface area contributed by atoms with E-state index in [2.05, 4.69) is 15.2 Å². The number of anilines is 1. The number of benzene rings is 2. The third-order valence-electron chi connectivity index (χ3n) is 3.32. The maximum Gasteiger partial charge on any atom is 0.181 e. The van der Waals surface area contributed by atoms with Crippen LogP contribution in [-0.4, -0.2) is 22.3 Å². The minimum atomic E-state index is 0.515. The molecule has 6 heteroatoms. The number of methoxy groups -OCH3 is 1. The molecule has 0 spiro atoms. The van der Waals surface area contributed by atoms with Gasteiger partial charge in [-0.05, 0) is 35.9 Å². The molecule has 5 nitrogen and oxygen atoms in total. The maximum atomic E-state index is 5.92. The van der Waals surface area contributed by atoms with Crippen molar-refractivity contribution in [1.29, 1.82) is 0 Å². The average Bonchev–Trinajstić information content (AvgIpc) is 2.99. The van der Waals surface area contributed by atoms with Crippen LogP contribution in [0, 0.1) is 0 Å². The molecule has 0 fully saturated rings. The maximum absolute atomic E-state index is 5.92. The van der Waals surface area contributed by atoms with E-state index < -0.39 is 0 Å². The molecule has 22 heavy (non-hydrogen) atoms. The largest absolute Gasteiger partial charge is 0.497 e. The van der Waals surface area contributed by atoms with Crippen LogP contribution in [-0.2, 0) is 6.42 Å². The Hall–Kier alpha value is -2.53. The molecule has 3 N–H and O–H groups in total. The van der Waals surface area contributed by atoms with Crippen LogP contribution in [0.2, 0.25) is 5.02 Å². The van der Waals surface area contributed by atoms with Crippen molar-refractivity contribution in [1.82, 2.24) is 15.2 Å². The van der Waals surface area contributed by atoms with E-state index in [-0.39, 0.29) is 0 Å². The van der Waals surface area contributed by atoms with Crippen molar-refractivity contribution in [3.8, 4) is 17.1 Å². The Labute approximate surface area is 133 Å². The lowest BCUT2D eigenvalue weighted by Gasteiger charge is -2.01. The van der Waals surface area contributed by atoms with Crippen LogP contribution >= 0.6 is 11.6 Å². The van der Waals surface area contributed by atoms with Gasteiger partial charge in [-0.25, -0.2) is 4.98 Å². The number of nitrogen functional groups attached to an aromatic ring is 1. The third-order valence-corrected chi connectivity index (χ3v) is 3.66. The van der Waals surface area contributed by atoms with Crippen LogP contribution in [0.1, 0.15) is 11.4 Å². The summed E-state index contributed by atoms with van der Waals surface area (Å²) >= 11 is 5.92. The van der Waals surface area contributed by atoms with E-state index in [4.69, 9.17) is 22.1 Å². The minimum Gasteiger partial charge on any atom is -0.497 e. The number of H-pyrrole nitrogens is 1. The standard InChI is InChI=1S/C16H15ClN4O/c1-22-12-5-2-10(3-6-12)8-15-19-16(21-20-15)11-4-7-13(17)14(18)9-11/h2-7,9H,8,18H2,1H3,(H,19,20,21). The van der Waals surface area contributed by atoms with Gasteiger partial charge >= 0.3 is 0 Å². The fourth-order valence-electron chi connectivity index (χ4n) is 2.12. The molecule has 0 unspecified atom stereocenters. The molecule has 0 radical (unpaired) electrons. The van der Waals surface area contributed by atoms with Crippen LogP contribution in [0.3, 0.4) is 0 Å². The summed E-state index contributed by atoms with van der Waals surface area (Å²) < 4.78 is 5.14. The average molecular weight is 315 g/mol. The normalized spacial score (nSPS) is 10.6. The van der Waals surface area contributed by atoms with Gasteiger partial charge in [0, 0.05) is 12.0 Å². The van der Waals surface area contributed by atoms with Gasteiger partial charge in [0.2, 0.25) is 0 Å². The van der Waals surface area contributed by atoms with E-state index in [1.807, 2.05) is 30.3 Å². The number of nitrogens with two attached hydrogens (primary N) is 1. The van der Waals surface area contributed by atoms with E-state index in [0.29, 0.717) is 23.0 Å². The highest BCUT2D eigenvalue weighted by atomic mass is 35.5. The number of rotatable bonds is 4. The number of nitrogens with one attached hydrogen (secondary N) is 1. The summed E-state index contributed by atoms with van der Waals surface area (Å²) in [5.74, 6) is 2.22. The first-order valence-electron chi connectivity index (χ1n) is 6.75.